The van der Waals surface area contributed by atoms with E-state index in [1.54, 1.807) is 6.20 Å². The number of alkyl halides is 1. The van der Waals surface area contributed by atoms with E-state index in [1.807, 2.05) is 0 Å². The van der Waals surface area contributed by atoms with Gasteiger partial charge in [0.1, 0.15) is 5.01 Å². The number of rotatable bonds is 3. The van der Waals surface area contributed by atoms with E-state index >= 15 is 0 Å². The Bertz CT molecular complexity index is 272. The maximum absolute atomic E-state index is 10.4. The molecular formula is C8H10BrNOS. The summed E-state index contributed by atoms with van der Waals surface area (Å²) in [5.74, 6) is 0.496. The topological polar surface area (TPSA) is 30.0 Å². The molecule has 0 fully saturated rings. The third kappa shape index (κ3) is 2.14. The summed E-state index contributed by atoms with van der Waals surface area (Å²) in [5.41, 5.74) is 0. The van der Waals surface area contributed by atoms with Gasteiger partial charge in [-0.15, -0.1) is 11.3 Å². The summed E-state index contributed by atoms with van der Waals surface area (Å²) in [4.78, 5) is 15.5. The fraction of sp³-hybridized carbons (Fsp3) is 0.500. The zero-order valence-corrected chi connectivity index (χ0v) is 9.35. The fourth-order valence-electron chi connectivity index (χ4n) is 0.768. The molecule has 0 aliphatic heterocycles. The van der Waals surface area contributed by atoms with Crippen molar-refractivity contribution in [2.75, 3.05) is 0 Å². The van der Waals surface area contributed by atoms with Gasteiger partial charge in [0.2, 0.25) is 0 Å². The lowest BCUT2D eigenvalue weighted by molar-refractivity contribution is 0.112. The molecular weight excluding hydrogens is 238 g/mol. The van der Waals surface area contributed by atoms with Crippen LogP contribution in [0.25, 0.3) is 0 Å². The second kappa shape index (κ2) is 4.14. The van der Waals surface area contributed by atoms with E-state index in [9.17, 15) is 4.79 Å². The van der Waals surface area contributed by atoms with E-state index in [0.717, 1.165) is 11.3 Å². The van der Waals surface area contributed by atoms with Gasteiger partial charge in [0.25, 0.3) is 0 Å². The first-order valence-electron chi connectivity index (χ1n) is 3.70. The summed E-state index contributed by atoms with van der Waals surface area (Å²) in [6.45, 7) is 4.22. The lowest BCUT2D eigenvalue weighted by Crippen LogP contribution is -1.96. The highest BCUT2D eigenvalue weighted by molar-refractivity contribution is 9.09. The van der Waals surface area contributed by atoms with Crippen molar-refractivity contribution >= 4 is 33.6 Å². The van der Waals surface area contributed by atoms with Gasteiger partial charge in [0.05, 0.1) is 9.70 Å². The first-order valence-corrected chi connectivity index (χ1v) is 5.43. The average molecular weight is 248 g/mol. The Morgan fingerprint density at radius 2 is 2.33 bits per heavy atom. The van der Waals surface area contributed by atoms with Crippen molar-refractivity contribution in [2.24, 2.45) is 5.92 Å². The predicted molar refractivity (Wildman–Crippen MR) is 54.0 cm³/mol. The van der Waals surface area contributed by atoms with Crippen LogP contribution in [0.4, 0.5) is 0 Å². The highest BCUT2D eigenvalue weighted by Crippen LogP contribution is 2.32. The molecule has 1 aromatic rings. The second-order valence-corrected chi connectivity index (χ2v) is 4.94. The molecule has 66 valence electrons. The Hall–Kier alpha value is -0.220. The van der Waals surface area contributed by atoms with Crippen LogP contribution in [0.1, 0.15) is 33.4 Å². The SMILES string of the molecule is CC(C)C(Br)c1ncc(C=O)s1. The van der Waals surface area contributed by atoms with Crippen molar-refractivity contribution in [1.82, 2.24) is 4.98 Å². The molecule has 0 N–H and O–H groups in total. The lowest BCUT2D eigenvalue weighted by Gasteiger charge is -2.08. The average Bonchev–Trinajstić information content (AvgIpc) is 2.50. The predicted octanol–water partition coefficient (Wildman–Crippen LogP) is 3.05. The number of aromatic nitrogens is 1. The number of halogens is 1. The quantitative estimate of drug-likeness (QED) is 0.607. The molecule has 0 aliphatic carbocycles. The smallest absolute Gasteiger partial charge is 0.161 e. The third-order valence-electron chi connectivity index (χ3n) is 1.48. The number of carbonyl (C=O) groups excluding carboxylic acids is 1. The van der Waals surface area contributed by atoms with Crippen LogP contribution in [0.15, 0.2) is 6.20 Å². The van der Waals surface area contributed by atoms with Crippen LogP contribution in [-0.4, -0.2) is 11.3 Å². The molecule has 1 aromatic heterocycles. The Labute approximate surface area is 84.1 Å². The van der Waals surface area contributed by atoms with Crippen LogP contribution in [-0.2, 0) is 0 Å². The summed E-state index contributed by atoms with van der Waals surface area (Å²) in [6, 6.07) is 0. The highest BCUT2D eigenvalue weighted by atomic mass is 79.9. The number of aldehydes is 1. The molecule has 1 heterocycles. The molecule has 0 aliphatic rings. The molecule has 1 rings (SSSR count). The summed E-state index contributed by atoms with van der Waals surface area (Å²) in [7, 11) is 0. The van der Waals surface area contributed by atoms with Gasteiger partial charge in [-0.1, -0.05) is 29.8 Å². The standard InChI is InChI=1S/C8H10BrNOS/c1-5(2)7(9)8-10-3-6(4-11)12-8/h3-5,7H,1-2H3. The van der Waals surface area contributed by atoms with E-state index in [0.29, 0.717) is 10.8 Å². The Morgan fingerprint density at radius 3 is 2.75 bits per heavy atom. The van der Waals surface area contributed by atoms with Crippen LogP contribution < -0.4 is 0 Å². The van der Waals surface area contributed by atoms with Crippen molar-refractivity contribution < 1.29 is 4.79 Å². The minimum absolute atomic E-state index is 0.260. The van der Waals surface area contributed by atoms with Crippen LogP contribution in [0.3, 0.4) is 0 Å². The van der Waals surface area contributed by atoms with Crippen molar-refractivity contribution in [1.29, 1.82) is 0 Å². The minimum Gasteiger partial charge on any atom is -0.297 e. The highest BCUT2D eigenvalue weighted by Gasteiger charge is 2.15. The number of nitrogens with zero attached hydrogens (tertiary/aromatic N) is 1. The molecule has 1 unspecified atom stereocenters. The molecule has 4 heteroatoms. The van der Waals surface area contributed by atoms with Gasteiger partial charge in [0, 0.05) is 6.20 Å². The molecule has 0 saturated heterocycles. The van der Waals surface area contributed by atoms with Gasteiger partial charge in [-0.05, 0) is 5.92 Å². The largest absolute Gasteiger partial charge is 0.297 e. The molecule has 0 saturated carbocycles. The summed E-state index contributed by atoms with van der Waals surface area (Å²) in [5, 5.41) is 0.979. The Kier molecular flexibility index (Phi) is 3.40. The molecule has 1 atom stereocenters. The number of thiazole rings is 1. The van der Waals surface area contributed by atoms with Crippen molar-refractivity contribution in [3.8, 4) is 0 Å². The monoisotopic (exact) mass is 247 g/mol. The molecule has 0 amide bonds. The molecule has 0 spiro atoms. The maximum Gasteiger partial charge on any atom is 0.161 e. The zero-order valence-electron chi connectivity index (χ0n) is 6.95. The molecule has 0 aromatic carbocycles. The number of hydrogen-bond acceptors (Lipinski definition) is 3. The normalized spacial score (nSPS) is 13.3. The maximum atomic E-state index is 10.4. The second-order valence-electron chi connectivity index (χ2n) is 2.86. The third-order valence-corrected chi connectivity index (χ3v) is 4.28. The van der Waals surface area contributed by atoms with Crippen LogP contribution in [0, 0.1) is 5.92 Å². The van der Waals surface area contributed by atoms with Gasteiger partial charge >= 0.3 is 0 Å². The molecule has 0 bridgehead atoms. The van der Waals surface area contributed by atoms with E-state index in [1.165, 1.54) is 11.3 Å². The fourth-order valence-corrected chi connectivity index (χ4v) is 2.05. The number of carbonyl (C=O) groups is 1. The summed E-state index contributed by atoms with van der Waals surface area (Å²) < 4.78 is 0. The van der Waals surface area contributed by atoms with Crippen LogP contribution >= 0.6 is 27.3 Å². The first kappa shape index (κ1) is 9.86. The van der Waals surface area contributed by atoms with Crippen LogP contribution in [0.5, 0.6) is 0 Å². The van der Waals surface area contributed by atoms with E-state index in [4.69, 9.17) is 0 Å². The van der Waals surface area contributed by atoms with E-state index in [-0.39, 0.29) is 4.83 Å². The Balaban J connectivity index is 2.81. The van der Waals surface area contributed by atoms with Crippen molar-refractivity contribution in [3.63, 3.8) is 0 Å². The van der Waals surface area contributed by atoms with Crippen molar-refractivity contribution in [2.45, 2.75) is 18.7 Å². The van der Waals surface area contributed by atoms with E-state index < -0.39 is 0 Å². The summed E-state index contributed by atoms with van der Waals surface area (Å²) in [6.07, 6.45) is 2.45. The van der Waals surface area contributed by atoms with Gasteiger partial charge < -0.3 is 0 Å². The Morgan fingerprint density at radius 1 is 1.67 bits per heavy atom. The summed E-state index contributed by atoms with van der Waals surface area (Å²) >= 11 is 4.97. The zero-order chi connectivity index (χ0) is 9.14. The molecule has 2 nitrogen and oxygen atoms in total. The number of hydrogen-bond donors (Lipinski definition) is 0. The van der Waals surface area contributed by atoms with Gasteiger partial charge in [-0.25, -0.2) is 4.98 Å². The molecule has 0 radical (unpaired) electrons. The minimum atomic E-state index is 0.260. The van der Waals surface area contributed by atoms with Gasteiger partial charge in [0.15, 0.2) is 6.29 Å². The first-order chi connectivity index (χ1) is 5.65. The van der Waals surface area contributed by atoms with Crippen molar-refractivity contribution in [3.05, 3.63) is 16.1 Å². The lowest BCUT2D eigenvalue weighted by atomic mass is 10.1. The van der Waals surface area contributed by atoms with Gasteiger partial charge in [-0.3, -0.25) is 4.79 Å². The van der Waals surface area contributed by atoms with Crippen LogP contribution in [0.2, 0.25) is 0 Å². The molecule has 12 heavy (non-hydrogen) atoms. The van der Waals surface area contributed by atoms with Gasteiger partial charge in [-0.2, -0.15) is 0 Å². The van der Waals surface area contributed by atoms with E-state index in [2.05, 4.69) is 34.8 Å².